The Bertz CT molecular complexity index is 834. The molecule has 1 N–H and O–H groups in total. The summed E-state index contributed by atoms with van der Waals surface area (Å²) in [7, 11) is 0. The third-order valence-corrected chi connectivity index (χ3v) is 6.52. The van der Waals surface area contributed by atoms with E-state index in [1.165, 1.54) is 4.90 Å². The summed E-state index contributed by atoms with van der Waals surface area (Å²) in [6, 6.07) is 6.95. The Labute approximate surface area is 152 Å². The van der Waals surface area contributed by atoms with Gasteiger partial charge in [-0.1, -0.05) is 0 Å². The fourth-order valence-corrected chi connectivity index (χ4v) is 5.13. The van der Waals surface area contributed by atoms with Crippen LogP contribution >= 0.6 is 22.6 Å². The van der Waals surface area contributed by atoms with Crippen molar-refractivity contribution >= 4 is 40.1 Å². The normalized spacial score (nSPS) is 40.1. The zero-order valence-electron chi connectivity index (χ0n) is 13.1. The van der Waals surface area contributed by atoms with Crippen LogP contribution in [0.5, 0.6) is 0 Å². The molecule has 3 aliphatic heterocycles. The molecular formula is C17H15IN2O4. The van der Waals surface area contributed by atoms with Gasteiger partial charge >= 0.3 is 0 Å². The van der Waals surface area contributed by atoms with Crippen molar-refractivity contribution in [1.82, 2.24) is 0 Å². The van der Waals surface area contributed by atoms with E-state index in [0.717, 1.165) is 0 Å². The molecule has 0 aliphatic carbocycles. The second-order valence-corrected chi connectivity index (χ2v) is 8.22. The molecule has 3 aliphatic rings. The number of nitriles is 1. The Hall–Kier alpha value is -1.50. The second kappa shape index (κ2) is 4.77. The van der Waals surface area contributed by atoms with Gasteiger partial charge in [0.05, 0.1) is 34.8 Å². The van der Waals surface area contributed by atoms with Crippen LogP contribution in [-0.2, 0) is 14.3 Å². The predicted octanol–water partition coefficient (Wildman–Crippen LogP) is 1.58. The molecule has 6 nitrogen and oxygen atoms in total. The number of anilines is 1. The van der Waals surface area contributed by atoms with Gasteiger partial charge in [0.15, 0.2) is 0 Å². The van der Waals surface area contributed by atoms with Gasteiger partial charge in [-0.05, 0) is 54.6 Å². The summed E-state index contributed by atoms with van der Waals surface area (Å²) in [6.07, 6.45) is -0.413. The highest BCUT2D eigenvalue weighted by Crippen LogP contribution is 2.60. The Morgan fingerprint density at radius 3 is 2.62 bits per heavy atom. The number of hydrogen-bond acceptors (Lipinski definition) is 5. The average Bonchev–Trinajstić information content (AvgIpc) is 3.01. The van der Waals surface area contributed by atoms with Gasteiger partial charge in [-0.25, -0.2) is 4.90 Å². The molecule has 7 heteroatoms. The lowest BCUT2D eigenvalue weighted by molar-refractivity contribution is -0.132. The first-order valence-corrected chi connectivity index (χ1v) is 8.76. The van der Waals surface area contributed by atoms with Gasteiger partial charge in [0.2, 0.25) is 11.8 Å². The quantitative estimate of drug-likeness (QED) is 0.531. The highest BCUT2D eigenvalue weighted by atomic mass is 127. The maximum absolute atomic E-state index is 13.0. The maximum atomic E-state index is 13.0. The minimum Gasteiger partial charge on any atom is -0.390 e. The third kappa shape index (κ3) is 1.76. The number of carbonyl (C=O) groups is 2. The Morgan fingerprint density at radius 2 is 2.00 bits per heavy atom. The molecule has 1 aromatic carbocycles. The fraction of sp³-hybridized carbons (Fsp3) is 0.471. The SMILES string of the molecule is C[C@]12O[C@@](C)(C[C@@H]1O)C1C(=O)N(c3ccc(C#N)c(I)c3)C(=O)[C@@H]12. The van der Waals surface area contributed by atoms with Crippen molar-refractivity contribution in [3.8, 4) is 6.07 Å². The molecule has 124 valence electrons. The number of fused-ring (bicyclic) bond motifs is 5. The minimum atomic E-state index is -1.03. The van der Waals surface area contributed by atoms with Crippen LogP contribution in [0, 0.1) is 26.7 Å². The first-order chi connectivity index (χ1) is 11.2. The highest BCUT2D eigenvalue weighted by molar-refractivity contribution is 14.1. The van der Waals surface area contributed by atoms with Crippen LogP contribution in [0.3, 0.4) is 0 Å². The molecule has 0 aromatic heterocycles. The zero-order valence-corrected chi connectivity index (χ0v) is 15.3. The van der Waals surface area contributed by atoms with Gasteiger partial charge in [0.1, 0.15) is 11.7 Å². The van der Waals surface area contributed by atoms with E-state index in [1.54, 1.807) is 32.0 Å². The molecule has 1 aromatic rings. The summed E-state index contributed by atoms with van der Waals surface area (Å²) < 4.78 is 6.63. The van der Waals surface area contributed by atoms with Crippen molar-refractivity contribution < 1.29 is 19.4 Å². The monoisotopic (exact) mass is 438 g/mol. The van der Waals surface area contributed by atoms with Crippen LogP contribution in [0.4, 0.5) is 5.69 Å². The van der Waals surface area contributed by atoms with E-state index in [2.05, 4.69) is 6.07 Å². The minimum absolute atomic E-state index is 0.288. The average molecular weight is 438 g/mol. The number of hydrogen-bond donors (Lipinski definition) is 1. The van der Waals surface area contributed by atoms with Crippen LogP contribution in [0.2, 0.25) is 0 Å². The molecule has 0 spiro atoms. The van der Waals surface area contributed by atoms with E-state index < -0.39 is 29.1 Å². The van der Waals surface area contributed by atoms with Gasteiger partial charge in [-0.2, -0.15) is 5.26 Å². The number of aliphatic hydroxyl groups excluding tert-OH is 1. The molecule has 2 bridgehead atoms. The van der Waals surface area contributed by atoms with Gasteiger partial charge in [-0.15, -0.1) is 0 Å². The Kier molecular flexibility index (Phi) is 3.18. The van der Waals surface area contributed by atoms with E-state index in [-0.39, 0.29) is 11.8 Å². The Morgan fingerprint density at radius 1 is 1.33 bits per heavy atom. The number of halogens is 1. The number of imide groups is 1. The summed E-state index contributed by atoms with van der Waals surface area (Å²) >= 11 is 2.01. The molecule has 5 atom stereocenters. The molecule has 0 radical (unpaired) electrons. The number of nitrogens with zero attached hydrogens (tertiary/aromatic N) is 2. The molecule has 1 unspecified atom stereocenters. The van der Waals surface area contributed by atoms with Crippen LogP contribution < -0.4 is 4.90 Å². The molecule has 4 rings (SSSR count). The van der Waals surface area contributed by atoms with E-state index in [1.807, 2.05) is 22.6 Å². The summed E-state index contributed by atoms with van der Waals surface area (Å²) in [4.78, 5) is 27.2. The Balaban J connectivity index is 1.79. The molecule has 24 heavy (non-hydrogen) atoms. The van der Waals surface area contributed by atoms with Gasteiger partial charge in [0, 0.05) is 9.99 Å². The molecule has 2 amide bonds. The summed E-state index contributed by atoms with van der Waals surface area (Å²) in [5, 5.41) is 19.4. The van der Waals surface area contributed by atoms with Gasteiger partial charge in [0.25, 0.3) is 0 Å². The summed E-state index contributed by atoms with van der Waals surface area (Å²) in [5.41, 5.74) is -0.888. The zero-order chi connectivity index (χ0) is 17.4. The van der Waals surface area contributed by atoms with Crippen molar-refractivity contribution in [2.24, 2.45) is 11.8 Å². The maximum Gasteiger partial charge on any atom is 0.240 e. The van der Waals surface area contributed by atoms with Crippen LogP contribution in [0.1, 0.15) is 25.8 Å². The predicted molar refractivity (Wildman–Crippen MR) is 91.9 cm³/mol. The lowest BCUT2D eigenvalue weighted by Gasteiger charge is -2.31. The topological polar surface area (TPSA) is 90.6 Å². The third-order valence-electron chi connectivity index (χ3n) is 5.63. The van der Waals surface area contributed by atoms with Crippen molar-refractivity contribution in [1.29, 1.82) is 5.26 Å². The number of ether oxygens (including phenoxy) is 1. The molecule has 3 saturated heterocycles. The largest absolute Gasteiger partial charge is 0.390 e. The van der Waals surface area contributed by atoms with Crippen molar-refractivity contribution in [2.75, 3.05) is 4.90 Å². The van der Waals surface area contributed by atoms with Crippen LogP contribution in [0.25, 0.3) is 0 Å². The number of benzene rings is 1. The van der Waals surface area contributed by atoms with Crippen LogP contribution in [0.15, 0.2) is 18.2 Å². The lowest BCUT2D eigenvalue weighted by Crippen LogP contribution is -2.49. The molecular weight excluding hydrogens is 423 g/mol. The fourth-order valence-electron chi connectivity index (χ4n) is 4.51. The molecule has 3 heterocycles. The molecule has 0 saturated carbocycles. The second-order valence-electron chi connectivity index (χ2n) is 7.06. The van der Waals surface area contributed by atoms with Crippen LogP contribution in [-0.4, -0.2) is 34.2 Å². The van der Waals surface area contributed by atoms with E-state index in [9.17, 15) is 14.7 Å². The van der Waals surface area contributed by atoms with Gasteiger partial charge < -0.3 is 9.84 Å². The van der Waals surface area contributed by atoms with Gasteiger partial charge in [-0.3, -0.25) is 9.59 Å². The lowest BCUT2D eigenvalue weighted by atomic mass is 9.67. The van der Waals surface area contributed by atoms with Crippen molar-refractivity contribution in [3.05, 3.63) is 27.3 Å². The van der Waals surface area contributed by atoms with E-state index in [0.29, 0.717) is 21.2 Å². The van der Waals surface area contributed by atoms with E-state index >= 15 is 0 Å². The number of amides is 2. The number of carbonyl (C=O) groups excluding carboxylic acids is 2. The molecule has 3 fully saturated rings. The van der Waals surface area contributed by atoms with Crippen molar-refractivity contribution in [2.45, 2.75) is 37.6 Å². The standard InChI is InChI=1S/C17H15IN2O4/c1-16-6-11(21)17(2,24-16)13-12(16)14(22)20(15(13)23)9-4-3-8(7-19)10(18)5-9/h3-5,11-13,21H,6H2,1-2H3/t11-,12?,13+,16-,17-/m0/s1. The highest BCUT2D eigenvalue weighted by Gasteiger charge is 2.75. The summed E-state index contributed by atoms with van der Waals surface area (Å²) in [5.74, 6) is -1.88. The van der Waals surface area contributed by atoms with Crippen molar-refractivity contribution in [3.63, 3.8) is 0 Å². The summed E-state index contributed by atoms with van der Waals surface area (Å²) in [6.45, 7) is 3.51. The smallest absolute Gasteiger partial charge is 0.240 e. The number of rotatable bonds is 1. The number of aliphatic hydroxyl groups is 1. The first-order valence-electron chi connectivity index (χ1n) is 7.68. The van der Waals surface area contributed by atoms with E-state index in [4.69, 9.17) is 10.00 Å². The first kappa shape index (κ1) is 16.0.